The number of anilines is 2. The summed E-state index contributed by atoms with van der Waals surface area (Å²) in [5.74, 6) is 0.710. The van der Waals surface area contributed by atoms with Crippen molar-refractivity contribution in [3.8, 4) is 0 Å². The monoisotopic (exact) mass is 295 g/mol. The molecule has 0 aliphatic rings. The van der Waals surface area contributed by atoms with Gasteiger partial charge in [0.2, 0.25) is 11.8 Å². The van der Waals surface area contributed by atoms with Crippen LogP contribution < -0.4 is 10.6 Å². The molecule has 1 aromatic rings. The van der Waals surface area contributed by atoms with E-state index in [1.165, 1.54) is 6.20 Å². The lowest BCUT2D eigenvalue weighted by molar-refractivity contribution is -0.384. The smallest absolute Gasteiger partial charge is 0.329 e. The normalized spacial score (nSPS) is 11.2. The molecular formula is C14H25N5O2. The van der Waals surface area contributed by atoms with E-state index >= 15 is 0 Å². The second-order valence-electron chi connectivity index (χ2n) is 5.08. The van der Waals surface area contributed by atoms with Gasteiger partial charge in [-0.05, 0) is 25.7 Å². The fourth-order valence-corrected chi connectivity index (χ4v) is 2.19. The van der Waals surface area contributed by atoms with Crippen molar-refractivity contribution in [2.45, 2.75) is 58.9 Å². The molecule has 0 atom stereocenters. The molecule has 0 bridgehead atoms. The van der Waals surface area contributed by atoms with E-state index in [2.05, 4.69) is 41.4 Å². The number of hydrogen-bond donors (Lipinski definition) is 2. The van der Waals surface area contributed by atoms with Crippen LogP contribution in [0.3, 0.4) is 0 Å². The van der Waals surface area contributed by atoms with Crippen LogP contribution in [0.15, 0.2) is 6.20 Å². The van der Waals surface area contributed by atoms with Gasteiger partial charge in [-0.3, -0.25) is 10.1 Å². The summed E-state index contributed by atoms with van der Waals surface area (Å²) in [5.41, 5.74) is -0.266. The lowest BCUT2D eigenvalue weighted by Crippen LogP contribution is -2.36. The zero-order chi connectivity index (χ0) is 15.9. The van der Waals surface area contributed by atoms with Gasteiger partial charge in [0.1, 0.15) is 6.20 Å². The molecular weight excluding hydrogens is 270 g/mol. The quantitative estimate of drug-likeness (QED) is 0.534. The molecule has 118 valence electrons. The fraction of sp³-hybridized carbons (Fsp3) is 0.714. The van der Waals surface area contributed by atoms with Gasteiger partial charge in [-0.2, -0.15) is 4.98 Å². The van der Waals surface area contributed by atoms with E-state index < -0.39 is 4.92 Å². The first kappa shape index (κ1) is 17.1. The van der Waals surface area contributed by atoms with Crippen LogP contribution in [0.1, 0.15) is 53.4 Å². The van der Waals surface area contributed by atoms with Gasteiger partial charge >= 0.3 is 5.69 Å². The maximum Gasteiger partial charge on any atom is 0.329 e. The Labute approximate surface area is 125 Å². The van der Waals surface area contributed by atoms with Crippen molar-refractivity contribution in [2.24, 2.45) is 0 Å². The van der Waals surface area contributed by atoms with Gasteiger partial charge in [0, 0.05) is 12.1 Å². The van der Waals surface area contributed by atoms with Gasteiger partial charge in [0.15, 0.2) is 0 Å². The first-order valence-corrected chi connectivity index (χ1v) is 7.55. The minimum Gasteiger partial charge on any atom is -0.359 e. The molecule has 0 unspecified atom stereocenters. The maximum atomic E-state index is 11.2. The number of nitro groups is 1. The summed E-state index contributed by atoms with van der Waals surface area (Å²) >= 11 is 0. The molecule has 0 aliphatic heterocycles. The van der Waals surface area contributed by atoms with Gasteiger partial charge in [-0.25, -0.2) is 4.98 Å². The van der Waals surface area contributed by atoms with Crippen LogP contribution in [0.2, 0.25) is 0 Å². The maximum absolute atomic E-state index is 11.2. The van der Waals surface area contributed by atoms with Gasteiger partial charge < -0.3 is 10.6 Å². The summed E-state index contributed by atoms with van der Waals surface area (Å²) in [6, 6.07) is 0. The first-order chi connectivity index (χ1) is 10.0. The highest BCUT2D eigenvalue weighted by molar-refractivity contribution is 5.58. The average molecular weight is 295 g/mol. The highest BCUT2D eigenvalue weighted by Crippen LogP contribution is 2.30. The van der Waals surface area contributed by atoms with E-state index in [0.717, 1.165) is 32.2 Å². The number of nitrogens with one attached hydrogen (secondary N) is 2. The van der Waals surface area contributed by atoms with Gasteiger partial charge in [0.05, 0.1) is 4.92 Å². The van der Waals surface area contributed by atoms with E-state index in [1.807, 2.05) is 6.92 Å². The zero-order valence-electron chi connectivity index (χ0n) is 13.3. The van der Waals surface area contributed by atoms with E-state index in [-0.39, 0.29) is 11.2 Å². The SMILES string of the molecule is CCCNc1ncc([N+](=O)[O-])c(NC(CC)(CC)CC)n1. The highest BCUT2D eigenvalue weighted by atomic mass is 16.6. The molecule has 0 spiro atoms. The number of hydrogen-bond acceptors (Lipinski definition) is 6. The summed E-state index contributed by atoms with van der Waals surface area (Å²) in [5, 5.41) is 17.5. The Morgan fingerprint density at radius 3 is 2.33 bits per heavy atom. The van der Waals surface area contributed by atoms with Crippen molar-refractivity contribution >= 4 is 17.5 Å². The third kappa shape index (κ3) is 4.27. The van der Waals surface area contributed by atoms with Crippen molar-refractivity contribution in [2.75, 3.05) is 17.2 Å². The minimum absolute atomic E-state index is 0.0863. The summed E-state index contributed by atoms with van der Waals surface area (Å²) < 4.78 is 0. The van der Waals surface area contributed by atoms with Crippen LogP contribution in [0.4, 0.5) is 17.5 Å². The van der Waals surface area contributed by atoms with Crippen LogP contribution >= 0.6 is 0 Å². The van der Waals surface area contributed by atoms with Crippen LogP contribution in [0, 0.1) is 10.1 Å². The van der Waals surface area contributed by atoms with Crippen molar-refractivity contribution in [3.05, 3.63) is 16.3 Å². The predicted molar refractivity (Wildman–Crippen MR) is 84.7 cm³/mol. The molecule has 0 aliphatic carbocycles. The van der Waals surface area contributed by atoms with Gasteiger partial charge in [-0.15, -0.1) is 0 Å². The Kier molecular flexibility index (Phi) is 6.33. The van der Waals surface area contributed by atoms with E-state index in [0.29, 0.717) is 11.8 Å². The number of nitrogens with zero attached hydrogens (tertiary/aromatic N) is 3. The lowest BCUT2D eigenvalue weighted by Gasteiger charge is -2.32. The molecule has 2 N–H and O–H groups in total. The zero-order valence-corrected chi connectivity index (χ0v) is 13.3. The molecule has 0 radical (unpaired) electrons. The summed E-state index contributed by atoms with van der Waals surface area (Å²) in [7, 11) is 0. The third-order valence-corrected chi connectivity index (χ3v) is 3.91. The Morgan fingerprint density at radius 1 is 1.24 bits per heavy atom. The Morgan fingerprint density at radius 2 is 1.86 bits per heavy atom. The van der Waals surface area contributed by atoms with Crippen molar-refractivity contribution in [1.82, 2.24) is 9.97 Å². The molecule has 1 heterocycles. The Bertz CT molecular complexity index is 466. The second kappa shape index (κ2) is 7.75. The molecule has 7 heteroatoms. The molecule has 0 saturated heterocycles. The molecule has 7 nitrogen and oxygen atoms in total. The summed E-state index contributed by atoms with van der Waals surface area (Å²) in [6.45, 7) is 8.99. The fourth-order valence-electron chi connectivity index (χ4n) is 2.19. The van der Waals surface area contributed by atoms with E-state index in [9.17, 15) is 10.1 Å². The van der Waals surface area contributed by atoms with Crippen molar-refractivity contribution < 1.29 is 4.92 Å². The van der Waals surface area contributed by atoms with Gasteiger partial charge in [-0.1, -0.05) is 27.7 Å². The average Bonchev–Trinajstić information content (AvgIpc) is 2.50. The van der Waals surface area contributed by atoms with Crippen LogP contribution in [-0.4, -0.2) is 27.0 Å². The molecule has 0 aromatic carbocycles. The Hall–Kier alpha value is -1.92. The number of aromatic nitrogens is 2. The molecule has 21 heavy (non-hydrogen) atoms. The van der Waals surface area contributed by atoms with Crippen molar-refractivity contribution in [1.29, 1.82) is 0 Å². The number of rotatable bonds is 9. The molecule has 0 saturated carbocycles. The molecule has 1 aromatic heterocycles. The second-order valence-corrected chi connectivity index (χ2v) is 5.08. The molecule has 0 fully saturated rings. The van der Waals surface area contributed by atoms with Crippen molar-refractivity contribution in [3.63, 3.8) is 0 Å². The summed E-state index contributed by atoms with van der Waals surface area (Å²) in [4.78, 5) is 19.0. The van der Waals surface area contributed by atoms with E-state index in [1.54, 1.807) is 0 Å². The largest absolute Gasteiger partial charge is 0.359 e. The van der Waals surface area contributed by atoms with Crippen LogP contribution in [-0.2, 0) is 0 Å². The van der Waals surface area contributed by atoms with Crippen LogP contribution in [0.5, 0.6) is 0 Å². The first-order valence-electron chi connectivity index (χ1n) is 7.55. The summed E-state index contributed by atoms with van der Waals surface area (Å²) in [6.07, 6.45) is 4.82. The van der Waals surface area contributed by atoms with Crippen LogP contribution in [0.25, 0.3) is 0 Å². The topological polar surface area (TPSA) is 93.0 Å². The minimum atomic E-state index is -0.447. The lowest BCUT2D eigenvalue weighted by atomic mass is 9.90. The van der Waals surface area contributed by atoms with Gasteiger partial charge in [0.25, 0.3) is 0 Å². The highest BCUT2D eigenvalue weighted by Gasteiger charge is 2.28. The molecule has 1 rings (SSSR count). The standard InChI is InChI=1S/C14H25N5O2/c1-5-9-15-13-16-10-11(19(20)21)12(17-13)18-14(6-2,7-3)8-4/h10H,5-9H2,1-4H3,(H2,15,16,17,18). The Balaban J connectivity index is 3.13. The predicted octanol–water partition coefficient (Wildman–Crippen LogP) is 3.59. The van der Waals surface area contributed by atoms with E-state index in [4.69, 9.17) is 0 Å². The molecule has 0 amide bonds. The third-order valence-electron chi connectivity index (χ3n) is 3.91.